The summed E-state index contributed by atoms with van der Waals surface area (Å²) in [6.45, 7) is 7.15. The molecule has 6 nitrogen and oxygen atoms in total. The molecule has 30 heavy (non-hydrogen) atoms. The number of rotatable bonds is 8. The number of thiophene rings is 1. The van der Waals surface area contributed by atoms with Crippen molar-refractivity contribution >= 4 is 52.6 Å². The highest BCUT2D eigenvalue weighted by atomic mass is 127. The van der Waals surface area contributed by atoms with Gasteiger partial charge in [-0.3, -0.25) is 9.89 Å². The first kappa shape index (κ1) is 25.5. The number of ether oxygens (including phenoxy) is 1. The van der Waals surface area contributed by atoms with Crippen LogP contribution in [-0.4, -0.2) is 61.6 Å². The summed E-state index contributed by atoms with van der Waals surface area (Å²) in [7, 11) is 5.64. The maximum absolute atomic E-state index is 5.37. The third-order valence-corrected chi connectivity index (χ3v) is 7.27. The van der Waals surface area contributed by atoms with Gasteiger partial charge in [0.1, 0.15) is 11.1 Å². The van der Waals surface area contributed by atoms with Crippen LogP contribution in [0, 0.1) is 5.92 Å². The van der Waals surface area contributed by atoms with Crippen molar-refractivity contribution in [1.82, 2.24) is 20.1 Å². The molecule has 0 saturated carbocycles. The molecule has 1 aliphatic rings. The first-order chi connectivity index (χ1) is 14.1. The first-order valence-corrected chi connectivity index (χ1v) is 12.0. The van der Waals surface area contributed by atoms with Crippen LogP contribution in [-0.2, 0) is 17.8 Å². The molecule has 3 heterocycles. The minimum atomic E-state index is 0. The van der Waals surface area contributed by atoms with Gasteiger partial charge in [-0.25, -0.2) is 4.98 Å². The van der Waals surface area contributed by atoms with Gasteiger partial charge in [0.05, 0.1) is 12.2 Å². The number of halogens is 1. The Bertz CT molecular complexity index is 767. The van der Waals surface area contributed by atoms with Crippen molar-refractivity contribution in [2.75, 3.05) is 40.8 Å². The zero-order valence-electron chi connectivity index (χ0n) is 18.3. The molecule has 9 heteroatoms. The summed E-state index contributed by atoms with van der Waals surface area (Å²) in [5.74, 6) is 1.58. The second-order valence-corrected chi connectivity index (χ2v) is 9.58. The van der Waals surface area contributed by atoms with Crippen molar-refractivity contribution < 1.29 is 4.74 Å². The number of aliphatic imine (C=N–C) groups is 1. The van der Waals surface area contributed by atoms with E-state index in [2.05, 4.69) is 50.0 Å². The topological polar surface area (TPSA) is 53.0 Å². The lowest BCUT2D eigenvalue weighted by Gasteiger charge is -2.33. The Morgan fingerprint density at radius 2 is 2.30 bits per heavy atom. The molecule has 0 amide bonds. The largest absolute Gasteiger partial charge is 0.375 e. The van der Waals surface area contributed by atoms with E-state index in [-0.39, 0.29) is 30.1 Å². The van der Waals surface area contributed by atoms with E-state index in [1.807, 2.05) is 25.3 Å². The highest BCUT2D eigenvalue weighted by Gasteiger charge is 2.21. The van der Waals surface area contributed by atoms with Gasteiger partial charge in [-0.15, -0.1) is 46.7 Å². The number of hydrogen-bond donors (Lipinski definition) is 1. The van der Waals surface area contributed by atoms with Crippen LogP contribution in [0.15, 0.2) is 27.9 Å². The Morgan fingerprint density at radius 3 is 3.00 bits per heavy atom. The minimum absolute atomic E-state index is 0. The number of piperidine rings is 1. The third-order valence-electron chi connectivity index (χ3n) is 5.35. The van der Waals surface area contributed by atoms with Crippen LogP contribution in [0.2, 0.25) is 0 Å². The number of thiazole rings is 1. The van der Waals surface area contributed by atoms with E-state index in [0.29, 0.717) is 5.92 Å². The molecule has 1 fully saturated rings. The molecule has 2 aromatic heterocycles. The molecule has 168 valence electrons. The Kier molecular flexibility index (Phi) is 11.0. The highest BCUT2D eigenvalue weighted by molar-refractivity contribution is 14.0. The molecule has 1 aliphatic heterocycles. The number of nitrogens with zero attached hydrogens (tertiary/aromatic N) is 4. The van der Waals surface area contributed by atoms with E-state index >= 15 is 0 Å². The summed E-state index contributed by atoms with van der Waals surface area (Å²) < 4.78 is 5.37. The fourth-order valence-electron chi connectivity index (χ4n) is 3.71. The maximum Gasteiger partial charge on any atom is 0.193 e. The molecule has 0 radical (unpaired) electrons. The van der Waals surface area contributed by atoms with Gasteiger partial charge in [-0.05, 0) is 43.7 Å². The van der Waals surface area contributed by atoms with Crippen molar-refractivity contribution in [1.29, 1.82) is 0 Å². The summed E-state index contributed by atoms with van der Waals surface area (Å²) in [6, 6.07) is 4.38. The Labute approximate surface area is 205 Å². The normalized spacial score (nSPS) is 18.7. The molecular formula is C21H34IN5OS2. The monoisotopic (exact) mass is 563 g/mol. The van der Waals surface area contributed by atoms with Crippen LogP contribution in [0.25, 0.3) is 0 Å². The van der Waals surface area contributed by atoms with Crippen molar-refractivity contribution in [3.05, 3.63) is 38.5 Å². The van der Waals surface area contributed by atoms with Gasteiger partial charge >= 0.3 is 0 Å². The molecule has 2 aromatic rings. The Balaban J connectivity index is 0.00000320. The van der Waals surface area contributed by atoms with E-state index in [1.165, 1.54) is 24.3 Å². The lowest BCUT2D eigenvalue weighted by atomic mass is 9.98. The van der Waals surface area contributed by atoms with E-state index in [0.717, 1.165) is 42.8 Å². The van der Waals surface area contributed by atoms with E-state index < -0.39 is 0 Å². The van der Waals surface area contributed by atoms with Gasteiger partial charge in [-0.1, -0.05) is 6.07 Å². The lowest BCUT2D eigenvalue weighted by molar-refractivity contribution is 0.119. The van der Waals surface area contributed by atoms with Gasteiger partial charge < -0.3 is 15.0 Å². The Morgan fingerprint density at radius 1 is 1.47 bits per heavy atom. The van der Waals surface area contributed by atoms with Gasteiger partial charge in [0.15, 0.2) is 5.96 Å². The van der Waals surface area contributed by atoms with Crippen molar-refractivity contribution in [2.24, 2.45) is 10.9 Å². The van der Waals surface area contributed by atoms with Gasteiger partial charge in [-0.2, -0.15) is 0 Å². The molecule has 0 aliphatic carbocycles. The van der Waals surface area contributed by atoms with Crippen LogP contribution in [0.1, 0.15) is 41.4 Å². The second-order valence-electron chi connectivity index (χ2n) is 7.66. The third kappa shape index (κ3) is 7.44. The molecule has 0 spiro atoms. The molecule has 1 N–H and O–H groups in total. The van der Waals surface area contributed by atoms with Crippen LogP contribution < -0.4 is 5.32 Å². The molecule has 3 rings (SSSR count). The summed E-state index contributed by atoms with van der Waals surface area (Å²) in [4.78, 5) is 15.4. The predicted molar refractivity (Wildman–Crippen MR) is 138 cm³/mol. The molecule has 1 saturated heterocycles. The summed E-state index contributed by atoms with van der Waals surface area (Å²) in [6.07, 6.45) is 2.59. The zero-order valence-corrected chi connectivity index (χ0v) is 22.3. The number of nitrogens with one attached hydrogen (secondary N) is 1. The fourth-order valence-corrected chi connectivity index (χ4v) is 5.29. The molecular weight excluding hydrogens is 529 g/mol. The fraction of sp³-hybridized carbons (Fsp3) is 0.619. The second kappa shape index (κ2) is 12.9. The number of aromatic nitrogens is 1. The van der Waals surface area contributed by atoms with E-state index in [4.69, 9.17) is 9.72 Å². The minimum Gasteiger partial charge on any atom is -0.375 e. The van der Waals surface area contributed by atoms with Gasteiger partial charge in [0.25, 0.3) is 0 Å². The number of likely N-dealkylation sites (tertiary alicyclic amines) is 1. The standard InChI is InChI=1S/C21H33N5OS2.HI/c1-16(27-4)20-24-18(15-29-20)13-25(3)21(22-2)23-11-17-7-5-9-26(12-17)14-19-8-6-10-28-19;/h6,8,10,15-17H,5,7,9,11-14H2,1-4H3,(H,22,23);1H. The molecule has 0 aromatic carbocycles. The number of guanidine groups is 1. The summed E-state index contributed by atoms with van der Waals surface area (Å²) in [5.41, 5.74) is 1.05. The first-order valence-electron chi connectivity index (χ1n) is 10.2. The van der Waals surface area contributed by atoms with Crippen LogP contribution >= 0.6 is 46.7 Å². The predicted octanol–water partition coefficient (Wildman–Crippen LogP) is 4.45. The average Bonchev–Trinajstić information content (AvgIpc) is 3.40. The smallest absolute Gasteiger partial charge is 0.193 e. The average molecular weight is 564 g/mol. The number of hydrogen-bond acceptors (Lipinski definition) is 6. The van der Waals surface area contributed by atoms with E-state index in [1.54, 1.807) is 18.4 Å². The zero-order chi connectivity index (χ0) is 20.6. The molecule has 2 unspecified atom stereocenters. The molecule has 2 atom stereocenters. The maximum atomic E-state index is 5.37. The van der Waals surface area contributed by atoms with Crippen LogP contribution in [0.3, 0.4) is 0 Å². The summed E-state index contributed by atoms with van der Waals surface area (Å²) in [5, 5.41) is 8.88. The van der Waals surface area contributed by atoms with Crippen molar-refractivity contribution in [3.8, 4) is 0 Å². The molecule has 0 bridgehead atoms. The number of methoxy groups -OCH3 is 1. The Hall–Kier alpha value is -0.750. The van der Waals surface area contributed by atoms with Gasteiger partial charge in [0, 0.05) is 51.1 Å². The van der Waals surface area contributed by atoms with E-state index in [9.17, 15) is 0 Å². The lowest BCUT2D eigenvalue weighted by Crippen LogP contribution is -2.44. The SMILES string of the molecule is CN=C(NCC1CCCN(Cc2cccs2)C1)N(C)Cc1csc(C(C)OC)n1.I. The quantitative estimate of drug-likeness (QED) is 0.292. The van der Waals surface area contributed by atoms with Crippen LogP contribution in [0.5, 0.6) is 0 Å². The van der Waals surface area contributed by atoms with Gasteiger partial charge in [0.2, 0.25) is 0 Å². The highest BCUT2D eigenvalue weighted by Crippen LogP contribution is 2.22. The van der Waals surface area contributed by atoms with Crippen molar-refractivity contribution in [2.45, 2.75) is 39.0 Å². The van der Waals surface area contributed by atoms with Crippen molar-refractivity contribution in [3.63, 3.8) is 0 Å². The van der Waals surface area contributed by atoms with Crippen LogP contribution in [0.4, 0.5) is 0 Å². The summed E-state index contributed by atoms with van der Waals surface area (Å²) >= 11 is 3.51.